The van der Waals surface area contributed by atoms with E-state index >= 15 is 0 Å². The Morgan fingerprint density at radius 2 is 1.67 bits per heavy atom. The van der Waals surface area contributed by atoms with Gasteiger partial charge in [0.1, 0.15) is 5.75 Å². The Labute approximate surface area is 141 Å². The van der Waals surface area contributed by atoms with Crippen LogP contribution in [0.25, 0.3) is 0 Å². The van der Waals surface area contributed by atoms with Crippen LogP contribution in [0.4, 0.5) is 0 Å². The highest BCUT2D eigenvalue weighted by atomic mass is 16.5. The lowest BCUT2D eigenvalue weighted by Crippen LogP contribution is -2.33. The molecule has 0 saturated carbocycles. The van der Waals surface area contributed by atoms with E-state index in [2.05, 4.69) is 15.3 Å². The predicted octanol–water partition coefficient (Wildman–Crippen LogP) is 1.96. The van der Waals surface area contributed by atoms with Gasteiger partial charge in [-0.15, -0.1) is 0 Å². The van der Waals surface area contributed by atoms with Gasteiger partial charge in [0.2, 0.25) is 5.91 Å². The van der Waals surface area contributed by atoms with Crippen LogP contribution < -0.4 is 10.2 Å². The number of hydrogen-bond donors (Lipinski definition) is 1. The molecular weight excluding hydrogens is 312 g/mol. The fraction of sp³-hybridized carbons (Fsp3) is 0.412. The second-order valence-electron chi connectivity index (χ2n) is 6.07. The minimum atomic E-state index is -0.772. The minimum Gasteiger partial charge on any atom is -0.497 e. The van der Waals surface area contributed by atoms with Crippen molar-refractivity contribution in [2.75, 3.05) is 14.2 Å². The van der Waals surface area contributed by atoms with Gasteiger partial charge in [-0.3, -0.25) is 9.59 Å². The van der Waals surface area contributed by atoms with E-state index < -0.39 is 11.4 Å². The van der Waals surface area contributed by atoms with Gasteiger partial charge in [-0.25, -0.2) is 10.2 Å². The average molecular weight is 334 g/mol. The van der Waals surface area contributed by atoms with Crippen molar-refractivity contribution in [2.24, 2.45) is 10.5 Å². The Kier molecular flexibility index (Phi) is 6.64. The predicted molar refractivity (Wildman–Crippen MR) is 89.0 cm³/mol. The van der Waals surface area contributed by atoms with Crippen LogP contribution in [-0.4, -0.2) is 37.6 Å². The van der Waals surface area contributed by atoms with Crippen molar-refractivity contribution in [3.05, 3.63) is 29.8 Å². The molecule has 1 N–H and O–H groups in total. The van der Waals surface area contributed by atoms with Crippen molar-refractivity contribution < 1.29 is 23.9 Å². The highest BCUT2D eigenvalue weighted by Gasteiger charge is 2.23. The van der Waals surface area contributed by atoms with Gasteiger partial charge in [-0.05, 0) is 24.3 Å². The number of esters is 1. The first-order chi connectivity index (χ1) is 11.2. The zero-order chi connectivity index (χ0) is 18.3. The van der Waals surface area contributed by atoms with E-state index in [4.69, 9.17) is 4.74 Å². The first-order valence-electron chi connectivity index (χ1n) is 7.31. The summed E-state index contributed by atoms with van der Waals surface area (Å²) in [6, 6.07) is 6.46. The summed E-state index contributed by atoms with van der Waals surface area (Å²) in [5.74, 6) is -0.857. The Morgan fingerprint density at radius 1 is 1.08 bits per heavy atom. The molecule has 1 aromatic rings. The van der Waals surface area contributed by atoms with Gasteiger partial charge < -0.3 is 9.47 Å². The maximum Gasteiger partial charge on any atom is 0.354 e. The number of hydrogen-bond acceptors (Lipinski definition) is 6. The van der Waals surface area contributed by atoms with Crippen molar-refractivity contribution in [1.29, 1.82) is 0 Å². The van der Waals surface area contributed by atoms with Gasteiger partial charge in [0.05, 0.1) is 20.6 Å². The fourth-order valence-electron chi connectivity index (χ4n) is 1.59. The largest absolute Gasteiger partial charge is 0.497 e. The van der Waals surface area contributed by atoms with Gasteiger partial charge in [0, 0.05) is 11.0 Å². The Bertz CT molecular complexity index is 642. The molecule has 0 unspecified atom stereocenters. The van der Waals surface area contributed by atoms with E-state index in [9.17, 15) is 14.4 Å². The van der Waals surface area contributed by atoms with Crippen molar-refractivity contribution in [3.8, 4) is 5.75 Å². The minimum absolute atomic E-state index is 0.170. The normalized spacial score (nSPS) is 11.6. The molecular formula is C17H22N2O5. The van der Waals surface area contributed by atoms with Crippen molar-refractivity contribution >= 4 is 23.4 Å². The molecule has 0 bridgehead atoms. The molecule has 0 spiro atoms. The number of amides is 1. The Hall–Kier alpha value is -2.70. The number of nitrogens with one attached hydrogen (secondary N) is 1. The fourth-order valence-corrected chi connectivity index (χ4v) is 1.59. The van der Waals surface area contributed by atoms with Crippen LogP contribution in [0.3, 0.4) is 0 Å². The van der Waals surface area contributed by atoms with E-state index in [0.29, 0.717) is 11.3 Å². The van der Waals surface area contributed by atoms with Crippen molar-refractivity contribution in [1.82, 2.24) is 5.43 Å². The smallest absolute Gasteiger partial charge is 0.354 e. The maximum atomic E-state index is 12.3. The maximum absolute atomic E-state index is 12.3. The van der Waals surface area contributed by atoms with Crippen LogP contribution >= 0.6 is 0 Å². The van der Waals surface area contributed by atoms with Crippen LogP contribution in [0.5, 0.6) is 5.75 Å². The second kappa shape index (κ2) is 8.24. The zero-order valence-corrected chi connectivity index (χ0v) is 14.5. The first-order valence-corrected chi connectivity index (χ1v) is 7.31. The zero-order valence-electron chi connectivity index (χ0n) is 14.5. The molecule has 0 aromatic heterocycles. The Morgan fingerprint density at radius 3 is 2.12 bits per heavy atom. The van der Waals surface area contributed by atoms with Crippen LogP contribution in [0, 0.1) is 5.41 Å². The monoisotopic (exact) mass is 334 g/mol. The number of carbonyl (C=O) groups is 3. The summed E-state index contributed by atoms with van der Waals surface area (Å²) >= 11 is 0. The number of rotatable bonds is 6. The summed E-state index contributed by atoms with van der Waals surface area (Å²) < 4.78 is 9.64. The topological polar surface area (TPSA) is 94.1 Å². The third-order valence-electron chi connectivity index (χ3n) is 3.13. The quantitative estimate of drug-likeness (QED) is 0.371. The van der Waals surface area contributed by atoms with Gasteiger partial charge >= 0.3 is 5.97 Å². The van der Waals surface area contributed by atoms with Crippen molar-refractivity contribution in [2.45, 2.75) is 27.2 Å². The Balaban J connectivity index is 2.90. The number of hydrazone groups is 1. The van der Waals surface area contributed by atoms with E-state index in [1.165, 1.54) is 14.2 Å². The van der Waals surface area contributed by atoms with E-state index in [1.54, 1.807) is 45.0 Å². The molecule has 7 heteroatoms. The second-order valence-corrected chi connectivity index (χ2v) is 6.07. The number of nitrogens with zero attached hydrogens (tertiary/aromatic N) is 1. The molecule has 130 valence electrons. The molecule has 0 aliphatic heterocycles. The van der Waals surface area contributed by atoms with Crippen LogP contribution in [0.2, 0.25) is 0 Å². The van der Waals surface area contributed by atoms with E-state index in [-0.39, 0.29) is 23.8 Å². The number of methoxy groups -OCH3 is 2. The third kappa shape index (κ3) is 5.49. The molecule has 0 aliphatic rings. The van der Waals surface area contributed by atoms with Gasteiger partial charge in [0.25, 0.3) is 0 Å². The molecule has 1 rings (SSSR count). The lowest BCUT2D eigenvalue weighted by Gasteiger charge is -2.15. The van der Waals surface area contributed by atoms with Crippen LogP contribution in [0.1, 0.15) is 37.6 Å². The summed E-state index contributed by atoms with van der Waals surface area (Å²) in [7, 11) is 2.71. The first kappa shape index (κ1) is 19.3. The van der Waals surface area contributed by atoms with Crippen molar-refractivity contribution in [3.63, 3.8) is 0 Å². The molecule has 0 radical (unpaired) electrons. The van der Waals surface area contributed by atoms with Crippen LogP contribution in [0.15, 0.2) is 29.4 Å². The SMILES string of the molecule is COC(=O)C(CC(=O)c1ccc(OC)cc1)=NNC(=O)C(C)(C)C. The van der Waals surface area contributed by atoms with Gasteiger partial charge in [-0.2, -0.15) is 5.10 Å². The molecule has 1 amide bonds. The summed E-state index contributed by atoms with van der Waals surface area (Å²) in [6.07, 6.45) is -0.288. The summed E-state index contributed by atoms with van der Waals surface area (Å²) in [6.45, 7) is 5.12. The lowest BCUT2D eigenvalue weighted by atomic mass is 9.96. The summed E-state index contributed by atoms with van der Waals surface area (Å²) in [4.78, 5) is 35.9. The lowest BCUT2D eigenvalue weighted by molar-refractivity contribution is -0.132. The standard InChI is InChI=1S/C17H22N2O5/c1-17(2,3)16(22)19-18-13(15(21)24-5)10-14(20)11-6-8-12(23-4)9-7-11/h6-9H,10H2,1-5H3,(H,19,22). The molecule has 24 heavy (non-hydrogen) atoms. The third-order valence-corrected chi connectivity index (χ3v) is 3.13. The summed E-state index contributed by atoms with van der Waals surface area (Å²) in [5, 5.41) is 3.76. The average Bonchev–Trinajstić information content (AvgIpc) is 2.56. The highest BCUT2D eigenvalue weighted by Crippen LogP contribution is 2.14. The molecule has 7 nitrogen and oxygen atoms in total. The number of ketones is 1. The number of ether oxygens (including phenoxy) is 2. The molecule has 0 fully saturated rings. The van der Waals surface area contributed by atoms with Gasteiger partial charge in [-0.1, -0.05) is 20.8 Å². The molecule has 1 aromatic carbocycles. The number of benzene rings is 1. The van der Waals surface area contributed by atoms with Gasteiger partial charge in [0.15, 0.2) is 11.5 Å². The number of Topliss-reactive ketones (excluding diaryl/α,β-unsaturated/α-hetero) is 1. The molecule has 0 heterocycles. The summed E-state index contributed by atoms with van der Waals surface area (Å²) in [5.41, 5.74) is 1.84. The van der Waals surface area contributed by atoms with Crippen LogP contribution in [-0.2, 0) is 14.3 Å². The number of carbonyl (C=O) groups excluding carboxylic acids is 3. The molecule has 0 saturated heterocycles. The highest BCUT2D eigenvalue weighted by molar-refractivity contribution is 6.40. The van der Waals surface area contributed by atoms with E-state index in [0.717, 1.165) is 0 Å². The van der Waals surface area contributed by atoms with E-state index in [1.807, 2.05) is 0 Å². The molecule has 0 aliphatic carbocycles. The molecule has 0 atom stereocenters.